The van der Waals surface area contributed by atoms with E-state index in [1.807, 2.05) is 12.1 Å². The molecule has 0 atom stereocenters. The fourth-order valence-corrected chi connectivity index (χ4v) is 1.16. The van der Waals surface area contributed by atoms with Crippen LogP contribution < -0.4 is 17.1 Å². The minimum absolute atomic E-state index is 0. The zero-order chi connectivity index (χ0) is 10.2. The summed E-state index contributed by atoms with van der Waals surface area (Å²) in [5.74, 6) is 0.855. The van der Waals surface area contributed by atoms with Gasteiger partial charge in [-0.1, -0.05) is 19.8 Å². The van der Waals surface area contributed by atoms with Gasteiger partial charge in [0.15, 0.2) is 0 Å². The minimum Gasteiger partial charge on any atom is -1.00 e. The van der Waals surface area contributed by atoms with Gasteiger partial charge in [-0.25, -0.2) is 0 Å². The van der Waals surface area contributed by atoms with E-state index in [0.29, 0.717) is 5.69 Å². The van der Waals surface area contributed by atoms with Crippen LogP contribution in [0.2, 0.25) is 0 Å². The van der Waals surface area contributed by atoms with Crippen LogP contribution in [0.15, 0.2) is 24.3 Å². The third-order valence-corrected chi connectivity index (χ3v) is 1.98. The number of hydrogen-bond donors (Lipinski definition) is 0. The van der Waals surface area contributed by atoms with Crippen molar-refractivity contribution in [2.24, 2.45) is 0 Å². The second-order valence-corrected chi connectivity index (χ2v) is 3.16. The van der Waals surface area contributed by atoms with Gasteiger partial charge in [0, 0.05) is 13.6 Å². The Kier molecular flexibility index (Phi) is 12.4. The summed E-state index contributed by atoms with van der Waals surface area (Å²) in [5, 5.41) is 0. The number of ether oxygens (including phenoxy) is 1. The van der Waals surface area contributed by atoms with Crippen LogP contribution in [-0.4, -0.2) is 6.61 Å². The van der Waals surface area contributed by atoms with Gasteiger partial charge in [-0.15, -0.1) is 0 Å². The predicted octanol–water partition coefficient (Wildman–Crippen LogP) is 1.05. The smallest absolute Gasteiger partial charge is 1.00 e. The maximum absolute atomic E-state index is 6.79. The van der Waals surface area contributed by atoms with E-state index >= 15 is 0 Å². The molecule has 0 aliphatic carbocycles. The van der Waals surface area contributed by atoms with Crippen molar-refractivity contribution in [2.75, 3.05) is 6.61 Å². The number of hydrogen-bond acceptors (Lipinski definition) is 1. The molecule has 0 unspecified atom stereocenters. The number of unbranched alkanes of at least 4 members (excludes halogenated alkanes) is 2. The summed E-state index contributed by atoms with van der Waals surface area (Å²) in [5.41, 5.74) is 0.658. The van der Waals surface area contributed by atoms with E-state index in [-0.39, 0.29) is 36.2 Å². The van der Waals surface area contributed by atoms with Crippen LogP contribution in [0.25, 0.3) is 4.85 Å². The second kappa shape index (κ2) is 11.0. The number of nitrogens with zero attached hydrogens (tertiary/aromatic N) is 1. The summed E-state index contributed by atoms with van der Waals surface area (Å²) in [7, 11) is 0. The predicted molar refractivity (Wildman–Crippen MR) is 59.8 cm³/mol. The van der Waals surface area contributed by atoms with Crippen LogP contribution in [0.4, 0.5) is 5.69 Å². The van der Waals surface area contributed by atoms with E-state index in [0.717, 1.165) is 18.8 Å². The van der Waals surface area contributed by atoms with Crippen molar-refractivity contribution in [1.29, 1.82) is 0 Å². The quantitative estimate of drug-likeness (QED) is 0.510. The Balaban J connectivity index is -0.000000653. The first kappa shape index (κ1) is 17.9. The Morgan fingerprint density at radius 1 is 1.25 bits per heavy atom. The molecule has 0 aliphatic heterocycles. The fourth-order valence-electron chi connectivity index (χ4n) is 1.16. The van der Waals surface area contributed by atoms with Gasteiger partial charge in [-0.2, -0.15) is 0 Å². The molecule has 0 saturated carbocycles. The third-order valence-electron chi connectivity index (χ3n) is 1.98. The number of rotatable bonds is 5. The zero-order valence-electron chi connectivity index (χ0n) is 9.17. The minimum atomic E-state index is 0. The van der Waals surface area contributed by atoms with Gasteiger partial charge in [0.05, 0.1) is 6.61 Å². The van der Waals surface area contributed by atoms with Crippen molar-refractivity contribution in [3.05, 3.63) is 35.7 Å². The first-order chi connectivity index (χ1) is 6.86. The van der Waals surface area contributed by atoms with Crippen LogP contribution in [0.5, 0.6) is 5.75 Å². The fraction of sp³-hybridized carbons (Fsp3) is 0.417. The first-order valence-corrected chi connectivity index (χ1v) is 4.97. The Hall–Kier alpha value is -0.460. The monoisotopic (exact) mass is 423 g/mol. The maximum Gasteiger partial charge on any atom is 1.00 e. The molecule has 1 rings (SSSR count). The standard InChI is InChI=1S/C12H15NO.Au.ClH.H2/c1-3-4-5-10-14-12-8-6-11(13-2)7-9-12;;;/h6-9H,3-5,10H2,1H3;;2*1H/q2*+1;;/p-1. The van der Waals surface area contributed by atoms with Crippen LogP contribution in [-0.2, 0) is 22.4 Å². The van der Waals surface area contributed by atoms with E-state index < -0.39 is 0 Å². The van der Waals surface area contributed by atoms with Gasteiger partial charge < -0.3 is 17.1 Å². The van der Waals surface area contributed by atoms with Gasteiger partial charge in [0.1, 0.15) is 5.75 Å². The molecule has 0 N–H and O–H groups in total. The van der Waals surface area contributed by atoms with Crippen LogP contribution in [0, 0.1) is 6.57 Å². The summed E-state index contributed by atoms with van der Waals surface area (Å²) in [6, 6.07) is 7.25. The van der Waals surface area contributed by atoms with Gasteiger partial charge in [-0.3, -0.25) is 0 Å². The molecule has 0 bridgehead atoms. The Morgan fingerprint density at radius 3 is 2.38 bits per heavy atom. The van der Waals surface area contributed by atoms with Crippen molar-refractivity contribution in [1.82, 2.24) is 0 Å². The van der Waals surface area contributed by atoms with Gasteiger partial charge in [0.25, 0.3) is 0 Å². The van der Waals surface area contributed by atoms with E-state index in [1.165, 1.54) is 12.8 Å². The van der Waals surface area contributed by atoms with Gasteiger partial charge in [0.2, 0.25) is 0 Å². The van der Waals surface area contributed by atoms with E-state index in [4.69, 9.17) is 11.3 Å². The second-order valence-electron chi connectivity index (χ2n) is 3.16. The summed E-state index contributed by atoms with van der Waals surface area (Å²) >= 11 is 0. The number of benzene rings is 1. The van der Waals surface area contributed by atoms with E-state index in [2.05, 4.69) is 11.8 Å². The van der Waals surface area contributed by atoms with E-state index in [9.17, 15) is 0 Å². The average molecular weight is 424 g/mol. The van der Waals surface area contributed by atoms with Crippen molar-refractivity contribution in [3.63, 3.8) is 0 Å². The molecule has 16 heavy (non-hydrogen) atoms. The molecule has 0 amide bonds. The molecular formula is C12H17AuClNO+. The molecule has 4 heteroatoms. The molecule has 1 aromatic carbocycles. The van der Waals surface area contributed by atoms with Crippen LogP contribution >= 0.6 is 0 Å². The van der Waals surface area contributed by atoms with Crippen molar-refractivity contribution in [3.8, 4) is 5.75 Å². The molecule has 1 aromatic rings. The zero-order valence-corrected chi connectivity index (χ0v) is 12.1. The molecule has 0 aliphatic rings. The van der Waals surface area contributed by atoms with Crippen LogP contribution in [0.3, 0.4) is 0 Å². The van der Waals surface area contributed by atoms with Crippen molar-refractivity contribution < 1.29 is 41.0 Å². The number of halogens is 1. The summed E-state index contributed by atoms with van der Waals surface area (Å²) in [6.07, 6.45) is 3.52. The Labute approximate surface area is 121 Å². The summed E-state index contributed by atoms with van der Waals surface area (Å²) < 4.78 is 5.50. The first-order valence-electron chi connectivity index (χ1n) is 4.97. The van der Waals surface area contributed by atoms with Crippen molar-refractivity contribution >= 4 is 5.69 Å². The van der Waals surface area contributed by atoms with Gasteiger partial charge >= 0.3 is 34.6 Å². The van der Waals surface area contributed by atoms with Crippen LogP contribution in [0.1, 0.15) is 27.6 Å². The molecule has 0 aromatic heterocycles. The molecule has 0 fully saturated rings. The molecule has 1 radical (unpaired) electrons. The molecule has 0 spiro atoms. The maximum atomic E-state index is 6.79. The van der Waals surface area contributed by atoms with E-state index in [1.54, 1.807) is 12.1 Å². The molecule has 2 nitrogen and oxygen atoms in total. The average Bonchev–Trinajstić information content (AvgIpc) is 2.25. The summed E-state index contributed by atoms with van der Waals surface area (Å²) in [4.78, 5) is 3.32. The molecule has 0 saturated heterocycles. The Bertz CT molecular complexity index is 313. The SMILES string of the molecule is [Au+].[C]#[N+]c1ccc(OCCCCC)cc1.[Cl-].[HH]. The topological polar surface area (TPSA) is 13.6 Å². The molecular weight excluding hydrogens is 407 g/mol. The molecule has 0 heterocycles. The molecule has 93 valence electrons. The third kappa shape index (κ3) is 6.92. The summed E-state index contributed by atoms with van der Waals surface area (Å²) in [6.45, 7) is 9.73. The Morgan fingerprint density at radius 2 is 1.88 bits per heavy atom. The largest absolute Gasteiger partial charge is 1.00 e. The normalized spacial score (nSPS) is 8.25. The van der Waals surface area contributed by atoms with Crippen molar-refractivity contribution in [2.45, 2.75) is 26.2 Å². The van der Waals surface area contributed by atoms with Gasteiger partial charge in [-0.05, 0) is 23.4 Å².